The van der Waals surface area contributed by atoms with E-state index in [2.05, 4.69) is 64.4 Å². The number of halogens is 1. The molecular formula is C12H17IN2O. The van der Waals surface area contributed by atoms with Gasteiger partial charge in [-0.05, 0) is 47.2 Å². The lowest BCUT2D eigenvalue weighted by Gasteiger charge is -2.13. The molecule has 1 amide bonds. The monoisotopic (exact) mass is 332 g/mol. The first kappa shape index (κ1) is 13.4. The molecular weight excluding hydrogens is 315 g/mol. The van der Waals surface area contributed by atoms with Crippen LogP contribution in [0.15, 0.2) is 24.3 Å². The number of rotatable bonds is 5. The quantitative estimate of drug-likeness (QED) is 0.811. The highest BCUT2D eigenvalue weighted by Gasteiger charge is 2.05. The van der Waals surface area contributed by atoms with Crippen LogP contribution in [0.5, 0.6) is 0 Å². The van der Waals surface area contributed by atoms with Gasteiger partial charge in [0.1, 0.15) is 0 Å². The molecule has 0 aromatic heterocycles. The van der Waals surface area contributed by atoms with E-state index >= 15 is 0 Å². The number of carbonyl (C=O) groups is 1. The zero-order chi connectivity index (χ0) is 12.0. The second kappa shape index (κ2) is 6.85. The average molecular weight is 332 g/mol. The van der Waals surface area contributed by atoms with Crippen LogP contribution in [0.25, 0.3) is 0 Å². The SMILES string of the molecule is CNC(=O)CCNC(C)c1ccc(I)cc1. The molecule has 0 aliphatic rings. The van der Waals surface area contributed by atoms with Gasteiger partial charge < -0.3 is 10.6 Å². The third kappa shape index (κ3) is 4.49. The summed E-state index contributed by atoms with van der Waals surface area (Å²) in [4.78, 5) is 11.0. The Bertz CT molecular complexity index is 337. The maximum absolute atomic E-state index is 11.0. The van der Waals surface area contributed by atoms with E-state index in [0.717, 1.165) is 0 Å². The van der Waals surface area contributed by atoms with Crippen LogP contribution >= 0.6 is 22.6 Å². The van der Waals surface area contributed by atoms with Crippen LogP contribution in [0.1, 0.15) is 24.9 Å². The number of amides is 1. The number of hydrogen-bond acceptors (Lipinski definition) is 2. The lowest BCUT2D eigenvalue weighted by Crippen LogP contribution is -2.26. The van der Waals surface area contributed by atoms with Crippen LogP contribution in [0.3, 0.4) is 0 Å². The van der Waals surface area contributed by atoms with Crippen molar-refractivity contribution in [3.8, 4) is 0 Å². The Labute approximate surface area is 110 Å². The molecule has 0 fully saturated rings. The van der Waals surface area contributed by atoms with Gasteiger partial charge in [0.25, 0.3) is 0 Å². The predicted octanol–water partition coefficient (Wildman–Crippen LogP) is 2.08. The summed E-state index contributed by atoms with van der Waals surface area (Å²) in [5, 5.41) is 5.93. The van der Waals surface area contributed by atoms with Gasteiger partial charge in [0, 0.05) is 29.6 Å². The smallest absolute Gasteiger partial charge is 0.221 e. The molecule has 0 saturated carbocycles. The summed E-state index contributed by atoms with van der Waals surface area (Å²) in [5.41, 5.74) is 1.25. The van der Waals surface area contributed by atoms with Gasteiger partial charge in [-0.3, -0.25) is 4.79 Å². The van der Waals surface area contributed by atoms with Crippen LogP contribution in [-0.2, 0) is 4.79 Å². The minimum atomic E-state index is 0.0716. The van der Waals surface area contributed by atoms with Gasteiger partial charge in [0.05, 0.1) is 0 Å². The van der Waals surface area contributed by atoms with Crippen LogP contribution in [0.4, 0.5) is 0 Å². The standard InChI is InChI=1S/C12H17IN2O/c1-9(15-8-7-12(16)14-2)10-3-5-11(13)6-4-10/h3-6,9,15H,7-8H2,1-2H3,(H,14,16). The molecule has 0 heterocycles. The molecule has 1 aromatic rings. The molecule has 0 spiro atoms. The highest BCUT2D eigenvalue weighted by Crippen LogP contribution is 2.14. The van der Waals surface area contributed by atoms with Crippen molar-refractivity contribution in [2.75, 3.05) is 13.6 Å². The molecule has 3 nitrogen and oxygen atoms in total. The summed E-state index contributed by atoms with van der Waals surface area (Å²) in [6.45, 7) is 2.80. The largest absolute Gasteiger partial charge is 0.359 e. The van der Waals surface area contributed by atoms with E-state index in [1.807, 2.05) is 0 Å². The lowest BCUT2D eigenvalue weighted by molar-refractivity contribution is -0.120. The molecule has 1 aromatic carbocycles. The summed E-state index contributed by atoms with van der Waals surface area (Å²) in [7, 11) is 1.66. The first-order valence-electron chi connectivity index (χ1n) is 5.33. The van der Waals surface area contributed by atoms with Gasteiger partial charge in [0.15, 0.2) is 0 Å². The van der Waals surface area contributed by atoms with E-state index in [-0.39, 0.29) is 11.9 Å². The van der Waals surface area contributed by atoms with Crippen molar-refractivity contribution in [3.63, 3.8) is 0 Å². The summed E-state index contributed by atoms with van der Waals surface area (Å²) >= 11 is 2.29. The lowest BCUT2D eigenvalue weighted by atomic mass is 10.1. The maximum Gasteiger partial charge on any atom is 0.221 e. The highest BCUT2D eigenvalue weighted by atomic mass is 127. The molecule has 1 unspecified atom stereocenters. The molecule has 1 rings (SSSR count). The molecule has 0 aliphatic heterocycles. The van der Waals surface area contributed by atoms with Gasteiger partial charge in [0.2, 0.25) is 5.91 Å². The first-order valence-corrected chi connectivity index (χ1v) is 6.41. The van der Waals surface area contributed by atoms with E-state index in [1.165, 1.54) is 9.13 Å². The Balaban J connectivity index is 2.37. The topological polar surface area (TPSA) is 41.1 Å². The minimum Gasteiger partial charge on any atom is -0.359 e. The van der Waals surface area contributed by atoms with E-state index in [1.54, 1.807) is 7.05 Å². The van der Waals surface area contributed by atoms with Gasteiger partial charge in [-0.15, -0.1) is 0 Å². The van der Waals surface area contributed by atoms with Crippen molar-refractivity contribution in [2.24, 2.45) is 0 Å². The normalized spacial score (nSPS) is 12.2. The number of nitrogens with one attached hydrogen (secondary N) is 2. The van der Waals surface area contributed by atoms with E-state index < -0.39 is 0 Å². The summed E-state index contributed by atoms with van der Waals surface area (Å²) in [6, 6.07) is 8.68. The molecule has 4 heteroatoms. The molecule has 1 atom stereocenters. The second-order valence-corrected chi connectivity index (χ2v) is 4.90. The van der Waals surface area contributed by atoms with Gasteiger partial charge >= 0.3 is 0 Å². The fourth-order valence-electron chi connectivity index (χ4n) is 1.40. The molecule has 2 N–H and O–H groups in total. The Hall–Kier alpha value is -0.620. The van der Waals surface area contributed by atoms with E-state index in [9.17, 15) is 4.79 Å². The van der Waals surface area contributed by atoms with Crippen molar-refractivity contribution < 1.29 is 4.79 Å². The second-order valence-electron chi connectivity index (χ2n) is 3.65. The molecule has 88 valence electrons. The summed E-state index contributed by atoms with van der Waals surface area (Å²) < 4.78 is 1.24. The third-order valence-corrected chi connectivity index (χ3v) is 3.17. The Morgan fingerprint density at radius 1 is 1.38 bits per heavy atom. The Morgan fingerprint density at radius 3 is 2.56 bits per heavy atom. The summed E-state index contributed by atoms with van der Waals surface area (Å²) in [5.74, 6) is 0.0716. The fourth-order valence-corrected chi connectivity index (χ4v) is 1.76. The van der Waals surface area contributed by atoms with E-state index in [4.69, 9.17) is 0 Å². The average Bonchev–Trinajstić information content (AvgIpc) is 2.29. The fraction of sp³-hybridized carbons (Fsp3) is 0.417. The minimum absolute atomic E-state index is 0.0716. The predicted molar refractivity (Wildman–Crippen MR) is 74.3 cm³/mol. The number of carbonyl (C=O) groups excluding carboxylic acids is 1. The van der Waals surface area contributed by atoms with Crippen molar-refractivity contribution >= 4 is 28.5 Å². The first-order chi connectivity index (χ1) is 7.63. The Kier molecular flexibility index (Phi) is 5.76. The highest BCUT2D eigenvalue weighted by molar-refractivity contribution is 14.1. The molecule has 16 heavy (non-hydrogen) atoms. The zero-order valence-electron chi connectivity index (χ0n) is 9.59. The van der Waals surface area contributed by atoms with Crippen LogP contribution in [0.2, 0.25) is 0 Å². The van der Waals surface area contributed by atoms with Crippen molar-refractivity contribution in [2.45, 2.75) is 19.4 Å². The van der Waals surface area contributed by atoms with Gasteiger partial charge in [-0.1, -0.05) is 12.1 Å². The van der Waals surface area contributed by atoms with Crippen molar-refractivity contribution in [3.05, 3.63) is 33.4 Å². The van der Waals surface area contributed by atoms with Crippen LogP contribution in [-0.4, -0.2) is 19.5 Å². The zero-order valence-corrected chi connectivity index (χ0v) is 11.7. The molecule has 0 aliphatic carbocycles. The van der Waals surface area contributed by atoms with Gasteiger partial charge in [-0.2, -0.15) is 0 Å². The van der Waals surface area contributed by atoms with Crippen molar-refractivity contribution in [1.82, 2.24) is 10.6 Å². The number of hydrogen-bond donors (Lipinski definition) is 2. The maximum atomic E-state index is 11.0. The van der Waals surface area contributed by atoms with Crippen molar-refractivity contribution in [1.29, 1.82) is 0 Å². The third-order valence-electron chi connectivity index (χ3n) is 2.45. The number of benzene rings is 1. The Morgan fingerprint density at radius 2 is 2.00 bits per heavy atom. The van der Waals surface area contributed by atoms with E-state index in [0.29, 0.717) is 13.0 Å². The van der Waals surface area contributed by atoms with Crippen LogP contribution in [0, 0.1) is 3.57 Å². The molecule has 0 radical (unpaired) electrons. The van der Waals surface area contributed by atoms with Gasteiger partial charge in [-0.25, -0.2) is 0 Å². The van der Waals surface area contributed by atoms with Crippen LogP contribution < -0.4 is 10.6 Å². The molecule has 0 bridgehead atoms. The summed E-state index contributed by atoms with van der Waals surface area (Å²) in [6.07, 6.45) is 0.519. The molecule has 0 saturated heterocycles.